The maximum absolute atomic E-state index is 5.12. The zero-order valence-corrected chi connectivity index (χ0v) is 74.9. The van der Waals surface area contributed by atoms with Crippen LogP contribution in [0.1, 0.15) is 0 Å². The van der Waals surface area contributed by atoms with E-state index in [1.54, 1.807) is 0 Å². The maximum atomic E-state index is 5.12. The minimum absolute atomic E-state index is 0.603. The predicted octanol–water partition coefficient (Wildman–Crippen LogP) is 31.1. The molecule has 0 spiro atoms. The van der Waals surface area contributed by atoms with Crippen LogP contribution < -0.4 is 0 Å². The molecule has 23 rings (SSSR count). The molecule has 0 atom stereocenters. The molecule has 138 heavy (non-hydrogen) atoms. The lowest BCUT2D eigenvalue weighted by Crippen LogP contribution is -2.00. The third-order valence-corrected chi connectivity index (χ3v) is 24.4. The normalized spacial score (nSPS) is 11.0. The van der Waals surface area contributed by atoms with Gasteiger partial charge in [-0.1, -0.05) is 455 Å². The minimum atomic E-state index is 0.603. The molecule has 0 aliphatic carbocycles. The summed E-state index contributed by atoms with van der Waals surface area (Å²) in [5.74, 6) is 7.44. The Morgan fingerprint density at radius 2 is 0.152 bits per heavy atom. The fourth-order valence-corrected chi connectivity index (χ4v) is 17.2. The van der Waals surface area contributed by atoms with Crippen LogP contribution >= 0.6 is 0 Å². The molecule has 0 saturated carbocycles. The Morgan fingerprint density at radius 3 is 0.304 bits per heavy atom. The number of rotatable bonds is 21. The molecule has 19 aromatic carbocycles. The lowest BCUT2D eigenvalue weighted by atomic mass is 9.95. The SMILES string of the molecule is c1ccc(-c2cccc(-c3ccc(-c4nc(-c5ccccc5)nc(-c5cccc(-c6cccc(-c7cccc(-c8cccc(-c9nc(-c%10ccccc%10)nc(-c%10ccccc%10)n9)c8)c7)c6)c5)n4)cc3)c2)cc1.c1ccc(-c2cccc(-c3ccc(-c4nc(-c5ccccc5)nc(-c5cccc(-c6cccc(-c7cccc(-c8nc(-c9ccccc9)nc(-c9ccccc9)n8)c7)c6)c5)n4)cc3)c2)cc1. The van der Waals surface area contributed by atoms with Crippen LogP contribution in [0.15, 0.2) is 510 Å². The fourth-order valence-electron chi connectivity index (χ4n) is 17.2. The van der Waals surface area contributed by atoms with Crippen molar-refractivity contribution in [2.24, 2.45) is 0 Å². The fraction of sp³-hybridized carbons (Fsp3) is 0. The Kier molecular flexibility index (Phi) is 24.2. The summed E-state index contributed by atoms with van der Waals surface area (Å²) >= 11 is 0. The number of hydrogen-bond donors (Lipinski definition) is 0. The van der Waals surface area contributed by atoms with Crippen molar-refractivity contribution >= 4 is 0 Å². The van der Waals surface area contributed by atoms with Crippen molar-refractivity contribution in [2.45, 2.75) is 0 Å². The zero-order valence-electron chi connectivity index (χ0n) is 74.9. The molecule has 0 saturated heterocycles. The van der Waals surface area contributed by atoms with Crippen LogP contribution in [-0.4, -0.2) is 59.8 Å². The van der Waals surface area contributed by atoms with Crippen molar-refractivity contribution in [3.63, 3.8) is 0 Å². The van der Waals surface area contributed by atoms with Gasteiger partial charge in [-0.2, -0.15) is 0 Å². The molecule has 0 bridgehead atoms. The van der Waals surface area contributed by atoms with Gasteiger partial charge in [0, 0.05) is 66.8 Å². The molecule has 0 aliphatic rings. The van der Waals surface area contributed by atoms with E-state index in [4.69, 9.17) is 59.8 Å². The molecule has 12 heteroatoms. The third kappa shape index (κ3) is 19.2. The van der Waals surface area contributed by atoms with Crippen molar-refractivity contribution in [1.82, 2.24) is 59.8 Å². The average molecular weight is 1770 g/mol. The standard InChI is InChI=1S/C66H44N6.C60H40N6/c1-5-18-45(19-6-1)51-26-13-27-52(40-51)46-36-38-50(39-37-46)64-68-63(49-24-11-4-12-25-49)71-66(72-64)60-35-17-33-58(44-60)56-31-15-29-54(42-56)53-28-14-30-55(41-53)57-32-16-34-59(43-57)65-69-61(47-20-7-2-8-21-47)67-62(70-65)48-22-9-3-10-23-48;1-5-17-41(18-6-1)47-25-13-26-48(37-47)42-33-35-46(36-34-42)58-62-57(45-23-11-4-12-24-45)65-60(66-58)54-32-16-30-52(40-54)50-28-14-27-49(38-50)51-29-15-31-53(39-51)59-63-55(43-19-7-2-8-20-43)61-56(64-59)44-21-9-3-10-22-44/h1-44H;1-40H. The summed E-state index contributed by atoms with van der Waals surface area (Å²) in [6.07, 6.45) is 0. The lowest BCUT2D eigenvalue weighted by Gasteiger charge is -2.12. The van der Waals surface area contributed by atoms with Crippen LogP contribution in [0.25, 0.3) is 237 Å². The molecule has 4 aromatic heterocycles. The Labute approximate surface area is 800 Å². The van der Waals surface area contributed by atoms with Gasteiger partial charge < -0.3 is 0 Å². The first-order chi connectivity index (χ1) is 68.3. The van der Waals surface area contributed by atoms with Gasteiger partial charge in [0.1, 0.15) is 0 Å². The molecule has 0 amide bonds. The second-order valence-corrected chi connectivity index (χ2v) is 33.5. The van der Waals surface area contributed by atoms with E-state index in [0.29, 0.717) is 69.9 Å². The molecule has 648 valence electrons. The van der Waals surface area contributed by atoms with Crippen LogP contribution in [0.4, 0.5) is 0 Å². The first-order valence-corrected chi connectivity index (χ1v) is 45.9. The number of nitrogens with zero attached hydrogens (tertiary/aromatic N) is 12. The number of aromatic nitrogens is 12. The van der Waals surface area contributed by atoms with Crippen LogP contribution in [0.5, 0.6) is 0 Å². The zero-order chi connectivity index (χ0) is 92.1. The van der Waals surface area contributed by atoms with Crippen molar-refractivity contribution < 1.29 is 0 Å². The predicted molar refractivity (Wildman–Crippen MR) is 561 cm³/mol. The van der Waals surface area contributed by atoms with Gasteiger partial charge in [-0.3, -0.25) is 0 Å². The molecule has 0 fully saturated rings. The van der Waals surface area contributed by atoms with Gasteiger partial charge in [-0.15, -0.1) is 0 Å². The Bertz CT molecular complexity index is 8150. The number of benzene rings is 19. The molecular weight excluding hydrogens is 1680 g/mol. The lowest BCUT2D eigenvalue weighted by molar-refractivity contribution is 1.07. The molecule has 0 unspecified atom stereocenters. The van der Waals surface area contributed by atoms with Gasteiger partial charge in [0.2, 0.25) is 0 Å². The molecule has 0 radical (unpaired) electrons. The quantitative estimate of drug-likeness (QED) is 0.0672. The van der Waals surface area contributed by atoms with Crippen LogP contribution in [0.2, 0.25) is 0 Å². The second kappa shape index (κ2) is 39.3. The summed E-state index contributed by atoms with van der Waals surface area (Å²) in [6, 6.07) is 175. The van der Waals surface area contributed by atoms with Crippen molar-refractivity contribution in [3.8, 4) is 237 Å². The average Bonchev–Trinajstić information content (AvgIpc) is 0.798. The molecule has 12 nitrogen and oxygen atoms in total. The van der Waals surface area contributed by atoms with Crippen LogP contribution in [0, 0.1) is 0 Å². The first-order valence-electron chi connectivity index (χ1n) is 45.9. The Balaban J connectivity index is 0.000000160. The second-order valence-electron chi connectivity index (χ2n) is 33.5. The van der Waals surface area contributed by atoms with Crippen molar-refractivity contribution in [1.29, 1.82) is 0 Å². The van der Waals surface area contributed by atoms with E-state index >= 15 is 0 Å². The summed E-state index contributed by atoms with van der Waals surface area (Å²) in [4.78, 5) is 60.1. The highest BCUT2D eigenvalue weighted by Crippen LogP contribution is 2.40. The summed E-state index contributed by atoms with van der Waals surface area (Å²) < 4.78 is 0. The highest BCUT2D eigenvalue weighted by Gasteiger charge is 2.21. The first kappa shape index (κ1) is 84.7. The van der Waals surface area contributed by atoms with Gasteiger partial charge >= 0.3 is 0 Å². The van der Waals surface area contributed by atoms with Crippen LogP contribution in [0.3, 0.4) is 0 Å². The summed E-state index contributed by atoms with van der Waals surface area (Å²) in [7, 11) is 0. The van der Waals surface area contributed by atoms with E-state index in [-0.39, 0.29) is 0 Å². The number of hydrogen-bond acceptors (Lipinski definition) is 12. The smallest absolute Gasteiger partial charge is 0.164 e. The van der Waals surface area contributed by atoms with Crippen LogP contribution in [-0.2, 0) is 0 Å². The van der Waals surface area contributed by atoms with Gasteiger partial charge in [0.25, 0.3) is 0 Å². The van der Waals surface area contributed by atoms with E-state index in [9.17, 15) is 0 Å². The molecule has 23 aromatic rings. The Morgan fingerprint density at radius 1 is 0.0652 bits per heavy atom. The summed E-state index contributed by atoms with van der Waals surface area (Å²) in [5, 5.41) is 0. The summed E-state index contributed by atoms with van der Waals surface area (Å²) in [6.45, 7) is 0. The van der Waals surface area contributed by atoms with Crippen molar-refractivity contribution in [3.05, 3.63) is 510 Å². The van der Waals surface area contributed by atoms with E-state index in [0.717, 1.165) is 145 Å². The van der Waals surface area contributed by atoms with E-state index in [1.807, 2.05) is 194 Å². The maximum Gasteiger partial charge on any atom is 0.164 e. The molecule has 0 N–H and O–H groups in total. The monoisotopic (exact) mass is 1760 g/mol. The Hall–Kier alpha value is -18.8. The highest BCUT2D eigenvalue weighted by atomic mass is 15.1. The largest absolute Gasteiger partial charge is 0.208 e. The van der Waals surface area contributed by atoms with Gasteiger partial charge in [0.05, 0.1) is 0 Å². The van der Waals surface area contributed by atoms with Gasteiger partial charge in [-0.05, 0) is 155 Å². The highest BCUT2D eigenvalue weighted by molar-refractivity contribution is 5.85. The van der Waals surface area contributed by atoms with E-state index in [1.165, 1.54) is 22.3 Å². The summed E-state index contributed by atoms with van der Waals surface area (Å²) in [5.41, 5.74) is 31.1. The topological polar surface area (TPSA) is 155 Å². The molecule has 4 heterocycles. The minimum Gasteiger partial charge on any atom is -0.208 e. The van der Waals surface area contributed by atoms with Crippen molar-refractivity contribution in [2.75, 3.05) is 0 Å². The third-order valence-electron chi connectivity index (χ3n) is 24.4. The van der Waals surface area contributed by atoms with E-state index in [2.05, 4.69) is 315 Å². The van der Waals surface area contributed by atoms with E-state index < -0.39 is 0 Å². The van der Waals surface area contributed by atoms with Gasteiger partial charge in [-0.25, -0.2) is 59.8 Å². The van der Waals surface area contributed by atoms with Gasteiger partial charge in [0.15, 0.2) is 69.9 Å². The molecular formula is C126H84N12. The molecule has 0 aliphatic heterocycles.